The van der Waals surface area contributed by atoms with Gasteiger partial charge in [-0.1, -0.05) is 13.8 Å². The first-order valence-corrected chi connectivity index (χ1v) is 7.07. The molecule has 0 aromatic heterocycles. The van der Waals surface area contributed by atoms with Gasteiger partial charge < -0.3 is 15.7 Å². The lowest BCUT2D eigenvalue weighted by molar-refractivity contribution is -0.125. The van der Waals surface area contributed by atoms with E-state index in [9.17, 15) is 9.90 Å². The van der Waals surface area contributed by atoms with Crippen molar-refractivity contribution in [1.82, 2.24) is 10.6 Å². The third-order valence-electron chi connectivity index (χ3n) is 3.28. The minimum absolute atomic E-state index is 0.00556. The average molecular weight is 246 g/mol. The van der Waals surface area contributed by atoms with E-state index in [1.807, 2.05) is 13.8 Å². The van der Waals surface area contributed by atoms with Crippen LogP contribution in [0.3, 0.4) is 0 Å². The maximum absolute atomic E-state index is 12.0. The molecule has 0 aromatic rings. The number of hydrogen-bond donors (Lipinski definition) is 3. The van der Waals surface area contributed by atoms with E-state index in [2.05, 4.69) is 10.6 Å². The van der Waals surface area contributed by atoms with E-state index in [1.165, 1.54) is 0 Å². The summed E-state index contributed by atoms with van der Waals surface area (Å²) in [5.74, 6) is 1.90. The minimum Gasteiger partial charge on any atom is -0.394 e. The van der Waals surface area contributed by atoms with Crippen LogP contribution in [0.1, 0.15) is 26.7 Å². The van der Waals surface area contributed by atoms with Crippen molar-refractivity contribution in [3.8, 4) is 0 Å². The van der Waals surface area contributed by atoms with Crippen molar-refractivity contribution in [3.05, 3.63) is 0 Å². The lowest BCUT2D eigenvalue weighted by Crippen LogP contribution is -2.57. The highest BCUT2D eigenvalue weighted by atomic mass is 32.2. The fourth-order valence-electron chi connectivity index (χ4n) is 1.77. The van der Waals surface area contributed by atoms with Crippen molar-refractivity contribution >= 4 is 17.7 Å². The van der Waals surface area contributed by atoms with Crippen molar-refractivity contribution in [2.75, 3.05) is 24.7 Å². The summed E-state index contributed by atoms with van der Waals surface area (Å²) in [5.41, 5.74) is -0.444. The van der Waals surface area contributed by atoms with Crippen LogP contribution in [0.2, 0.25) is 0 Å². The topological polar surface area (TPSA) is 61.4 Å². The molecule has 3 N–H and O–H groups in total. The second-order valence-electron chi connectivity index (χ2n) is 4.22. The molecule has 1 amide bonds. The number of hydrogen-bond acceptors (Lipinski definition) is 4. The summed E-state index contributed by atoms with van der Waals surface area (Å²) in [6.07, 6.45) is 1.51. The van der Waals surface area contributed by atoms with Crippen molar-refractivity contribution in [2.45, 2.75) is 38.3 Å². The second-order valence-corrected chi connectivity index (χ2v) is 5.37. The van der Waals surface area contributed by atoms with Gasteiger partial charge in [-0.3, -0.25) is 4.79 Å². The van der Waals surface area contributed by atoms with Crippen molar-refractivity contribution in [3.63, 3.8) is 0 Å². The monoisotopic (exact) mass is 246 g/mol. The van der Waals surface area contributed by atoms with E-state index in [-0.39, 0.29) is 18.6 Å². The molecule has 5 heteroatoms. The summed E-state index contributed by atoms with van der Waals surface area (Å²) in [5, 5.41) is 15.6. The molecular weight excluding hydrogens is 224 g/mol. The highest BCUT2D eigenvalue weighted by Gasteiger charge is 2.30. The smallest absolute Gasteiger partial charge is 0.238 e. The first-order chi connectivity index (χ1) is 7.67. The van der Waals surface area contributed by atoms with E-state index in [4.69, 9.17) is 0 Å². The maximum Gasteiger partial charge on any atom is 0.238 e. The number of rotatable bonds is 5. The van der Waals surface area contributed by atoms with Crippen LogP contribution in [-0.4, -0.2) is 47.3 Å². The van der Waals surface area contributed by atoms with Crippen molar-refractivity contribution in [1.29, 1.82) is 0 Å². The van der Waals surface area contributed by atoms with Crippen LogP contribution in [-0.2, 0) is 4.79 Å². The molecule has 16 heavy (non-hydrogen) atoms. The average Bonchev–Trinajstić information content (AvgIpc) is 2.37. The van der Waals surface area contributed by atoms with Crippen LogP contribution in [0.25, 0.3) is 0 Å². The van der Waals surface area contributed by atoms with Crippen LogP contribution in [0.4, 0.5) is 0 Å². The zero-order valence-electron chi connectivity index (χ0n) is 10.1. The van der Waals surface area contributed by atoms with Gasteiger partial charge in [0.15, 0.2) is 0 Å². The van der Waals surface area contributed by atoms with E-state index in [0.29, 0.717) is 0 Å². The van der Waals surface area contributed by atoms with Gasteiger partial charge in [-0.05, 0) is 12.8 Å². The standard InChI is InChI=1S/C11H22N2O2S/c1-3-11(4-2,8-14)13-10(15)9-7-16-6-5-12-9/h9,12,14H,3-8H2,1-2H3,(H,13,15). The Bertz CT molecular complexity index is 218. The number of thioether (sulfide) groups is 1. The van der Waals surface area contributed by atoms with Gasteiger partial charge in [0.1, 0.15) is 0 Å². The molecule has 0 aliphatic carbocycles. The van der Waals surface area contributed by atoms with Crippen LogP contribution < -0.4 is 10.6 Å². The van der Waals surface area contributed by atoms with Crippen LogP contribution >= 0.6 is 11.8 Å². The molecule has 0 radical (unpaired) electrons. The molecule has 0 aromatic carbocycles. The zero-order valence-corrected chi connectivity index (χ0v) is 10.9. The Morgan fingerprint density at radius 2 is 2.25 bits per heavy atom. The molecular formula is C11H22N2O2S. The largest absolute Gasteiger partial charge is 0.394 e. The quantitative estimate of drug-likeness (QED) is 0.655. The van der Waals surface area contributed by atoms with E-state index >= 15 is 0 Å². The first-order valence-electron chi connectivity index (χ1n) is 5.91. The number of aliphatic hydroxyl groups excluding tert-OH is 1. The van der Waals surface area contributed by atoms with Crippen LogP contribution in [0.15, 0.2) is 0 Å². The van der Waals surface area contributed by atoms with Crippen LogP contribution in [0.5, 0.6) is 0 Å². The van der Waals surface area contributed by atoms with Gasteiger partial charge >= 0.3 is 0 Å². The molecule has 1 saturated heterocycles. The SMILES string of the molecule is CCC(CC)(CO)NC(=O)C1CSCCN1. The molecule has 1 aliphatic heterocycles. The van der Waals surface area contributed by atoms with E-state index in [1.54, 1.807) is 11.8 Å². The number of amides is 1. The number of carbonyl (C=O) groups excluding carboxylic acids is 1. The predicted molar refractivity (Wildman–Crippen MR) is 67.7 cm³/mol. The molecule has 4 nitrogen and oxygen atoms in total. The fraction of sp³-hybridized carbons (Fsp3) is 0.909. The van der Waals surface area contributed by atoms with Gasteiger partial charge in [0.05, 0.1) is 18.2 Å². The van der Waals surface area contributed by atoms with Gasteiger partial charge in [-0.15, -0.1) is 0 Å². The third kappa shape index (κ3) is 3.37. The summed E-state index contributed by atoms with van der Waals surface area (Å²) >= 11 is 1.79. The van der Waals surface area contributed by atoms with Gasteiger partial charge in [0.25, 0.3) is 0 Å². The summed E-state index contributed by atoms with van der Waals surface area (Å²) in [6.45, 7) is 4.87. The lowest BCUT2D eigenvalue weighted by atomic mass is 9.93. The maximum atomic E-state index is 12.0. The Morgan fingerprint density at radius 1 is 1.56 bits per heavy atom. The summed E-state index contributed by atoms with van der Waals surface area (Å²) < 4.78 is 0. The minimum atomic E-state index is -0.444. The molecule has 1 fully saturated rings. The van der Waals surface area contributed by atoms with Gasteiger partial charge in [-0.25, -0.2) is 0 Å². The second kappa shape index (κ2) is 6.47. The molecule has 1 aliphatic rings. The normalized spacial score (nSPS) is 21.8. The Labute approximate surface area is 102 Å². The number of nitrogens with one attached hydrogen (secondary N) is 2. The summed E-state index contributed by atoms with van der Waals surface area (Å²) in [7, 11) is 0. The zero-order chi connectivity index (χ0) is 12.0. The number of aliphatic hydroxyl groups is 1. The molecule has 1 atom stereocenters. The highest BCUT2D eigenvalue weighted by Crippen LogP contribution is 2.15. The van der Waals surface area contributed by atoms with Gasteiger partial charge in [0, 0.05) is 18.1 Å². The Morgan fingerprint density at radius 3 is 2.69 bits per heavy atom. The third-order valence-corrected chi connectivity index (χ3v) is 4.34. The van der Waals surface area contributed by atoms with Gasteiger partial charge in [0.2, 0.25) is 5.91 Å². The van der Waals surface area contributed by atoms with Crippen LogP contribution in [0, 0.1) is 0 Å². The predicted octanol–water partition coefficient (Wildman–Crippen LogP) is 0.359. The van der Waals surface area contributed by atoms with E-state index < -0.39 is 5.54 Å². The van der Waals surface area contributed by atoms with Gasteiger partial charge in [-0.2, -0.15) is 11.8 Å². The molecule has 1 rings (SSSR count). The van der Waals surface area contributed by atoms with E-state index in [0.717, 1.165) is 30.9 Å². The Balaban J connectivity index is 2.53. The number of carbonyl (C=O) groups is 1. The summed E-state index contributed by atoms with van der Waals surface area (Å²) in [6, 6.07) is -0.109. The van der Waals surface area contributed by atoms with Crippen molar-refractivity contribution < 1.29 is 9.90 Å². The first kappa shape index (κ1) is 13.8. The molecule has 0 saturated carbocycles. The summed E-state index contributed by atoms with van der Waals surface area (Å²) in [4.78, 5) is 12.0. The molecule has 1 heterocycles. The lowest BCUT2D eigenvalue weighted by Gasteiger charge is -2.33. The van der Waals surface area contributed by atoms with Crippen molar-refractivity contribution in [2.24, 2.45) is 0 Å². The molecule has 0 spiro atoms. The Hall–Kier alpha value is -0.260. The molecule has 1 unspecified atom stereocenters. The Kier molecular flexibility index (Phi) is 5.58. The molecule has 94 valence electrons. The highest BCUT2D eigenvalue weighted by molar-refractivity contribution is 7.99. The molecule has 0 bridgehead atoms. The fourth-order valence-corrected chi connectivity index (χ4v) is 2.71.